The Kier molecular flexibility index (Phi) is 4.54. The van der Waals surface area contributed by atoms with Gasteiger partial charge < -0.3 is 10.1 Å². The fourth-order valence-electron chi connectivity index (χ4n) is 1.69. The first-order valence-electron chi connectivity index (χ1n) is 5.95. The second-order valence-electron chi connectivity index (χ2n) is 4.08. The predicted molar refractivity (Wildman–Crippen MR) is 80.7 cm³/mol. The second-order valence-corrected chi connectivity index (χ2v) is 4.99. The van der Waals surface area contributed by atoms with E-state index in [2.05, 4.69) is 21.2 Å². The summed E-state index contributed by atoms with van der Waals surface area (Å²) in [5.74, 6) is 0.102. The van der Waals surface area contributed by atoms with Crippen LogP contribution in [0.3, 0.4) is 0 Å². The van der Waals surface area contributed by atoms with E-state index >= 15 is 0 Å². The van der Waals surface area contributed by atoms with Gasteiger partial charge in [0.2, 0.25) is 5.75 Å². The number of nitro groups is 1. The molecule has 0 fully saturated rings. The minimum absolute atomic E-state index is 0.0131. The molecule has 0 aliphatic heterocycles. The van der Waals surface area contributed by atoms with Crippen LogP contribution in [-0.2, 0) is 0 Å². The topological polar surface area (TPSA) is 81.5 Å². The first-order valence-corrected chi connectivity index (χ1v) is 6.74. The first kappa shape index (κ1) is 15.0. The number of carbonyl (C=O) groups is 1. The van der Waals surface area contributed by atoms with Gasteiger partial charge in [-0.2, -0.15) is 0 Å². The second kappa shape index (κ2) is 6.36. The van der Waals surface area contributed by atoms with Gasteiger partial charge in [-0.05, 0) is 24.3 Å². The van der Waals surface area contributed by atoms with Crippen LogP contribution in [0.5, 0.6) is 11.5 Å². The van der Waals surface area contributed by atoms with Gasteiger partial charge in [0.15, 0.2) is 0 Å². The van der Waals surface area contributed by atoms with E-state index in [4.69, 9.17) is 4.74 Å². The lowest BCUT2D eigenvalue weighted by Gasteiger charge is -2.08. The Morgan fingerprint density at radius 2 is 2.05 bits per heavy atom. The van der Waals surface area contributed by atoms with Gasteiger partial charge >= 0.3 is 5.69 Å². The van der Waals surface area contributed by atoms with Crippen molar-refractivity contribution in [3.8, 4) is 11.5 Å². The van der Waals surface area contributed by atoms with Crippen molar-refractivity contribution >= 4 is 27.5 Å². The fraction of sp³-hybridized carbons (Fsp3) is 0.0714. The van der Waals surface area contributed by atoms with E-state index in [0.29, 0.717) is 5.75 Å². The van der Waals surface area contributed by atoms with Gasteiger partial charge in [-0.1, -0.05) is 22.0 Å². The van der Waals surface area contributed by atoms with Crippen LogP contribution in [0.4, 0.5) is 5.69 Å². The molecule has 21 heavy (non-hydrogen) atoms. The van der Waals surface area contributed by atoms with Crippen molar-refractivity contribution < 1.29 is 14.5 Å². The summed E-state index contributed by atoms with van der Waals surface area (Å²) in [6, 6.07) is 10.9. The zero-order valence-electron chi connectivity index (χ0n) is 11.0. The Balaban J connectivity index is 2.43. The van der Waals surface area contributed by atoms with Crippen LogP contribution in [0.1, 0.15) is 10.4 Å². The maximum absolute atomic E-state index is 11.6. The van der Waals surface area contributed by atoms with Crippen LogP contribution >= 0.6 is 15.9 Å². The predicted octanol–water partition coefficient (Wildman–Crippen LogP) is 3.51. The number of amides is 1. The average Bonchev–Trinajstić information content (AvgIpc) is 2.46. The molecule has 2 aromatic rings. The van der Waals surface area contributed by atoms with Crippen LogP contribution < -0.4 is 10.1 Å². The van der Waals surface area contributed by atoms with Crippen molar-refractivity contribution in [2.45, 2.75) is 0 Å². The Labute approximate surface area is 129 Å². The number of nitrogens with one attached hydrogen (secondary N) is 1. The van der Waals surface area contributed by atoms with Gasteiger partial charge in [0.25, 0.3) is 5.91 Å². The molecule has 0 heterocycles. The average molecular weight is 351 g/mol. The van der Waals surface area contributed by atoms with Gasteiger partial charge in [0, 0.05) is 29.2 Å². The van der Waals surface area contributed by atoms with E-state index in [9.17, 15) is 14.9 Å². The molecule has 0 aliphatic rings. The molecule has 0 saturated carbocycles. The van der Waals surface area contributed by atoms with E-state index < -0.39 is 4.92 Å². The number of hydrogen-bond acceptors (Lipinski definition) is 4. The smallest absolute Gasteiger partial charge is 0.311 e. The third-order valence-corrected chi connectivity index (χ3v) is 3.16. The molecule has 0 radical (unpaired) electrons. The van der Waals surface area contributed by atoms with Crippen molar-refractivity contribution in [3.05, 3.63) is 62.6 Å². The summed E-state index contributed by atoms with van der Waals surface area (Å²) in [5.41, 5.74) is 0.0794. The molecule has 0 atom stereocenters. The standard InChI is InChI=1S/C14H11BrN2O4/c1-16-14(18)9-5-6-12(17(19)20)13(7-9)21-11-4-2-3-10(15)8-11/h2-8H,1H3,(H,16,18). The minimum Gasteiger partial charge on any atom is -0.450 e. The maximum Gasteiger partial charge on any atom is 0.311 e. The van der Waals surface area contributed by atoms with Crippen molar-refractivity contribution in [2.24, 2.45) is 0 Å². The van der Waals surface area contributed by atoms with Crippen LogP contribution in [0.15, 0.2) is 46.9 Å². The van der Waals surface area contributed by atoms with E-state index in [0.717, 1.165) is 4.47 Å². The fourth-order valence-corrected chi connectivity index (χ4v) is 2.07. The van der Waals surface area contributed by atoms with Crippen LogP contribution in [-0.4, -0.2) is 17.9 Å². The Hall–Kier alpha value is -2.41. The van der Waals surface area contributed by atoms with Gasteiger partial charge in [-0.25, -0.2) is 0 Å². The van der Waals surface area contributed by atoms with Crippen molar-refractivity contribution in [1.29, 1.82) is 0 Å². The summed E-state index contributed by atoms with van der Waals surface area (Å²) < 4.78 is 6.32. The molecule has 1 N–H and O–H groups in total. The quantitative estimate of drug-likeness (QED) is 0.675. The van der Waals surface area contributed by atoms with Crippen LogP contribution in [0, 0.1) is 10.1 Å². The molecule has 0 bridgehead atoms. The normalized spacial score (nSPS) is 10.0. The number of hydrogen-bond donors (Lipinski definition) is 1. The van der Waals surface area contributed by atoms with Gasteiger partial charge in [-0.15, -0.1) is 0 Å². The summed E-state index contributed by atoms with van der Waals surface area (Å²) in [4.78, 5) is 22.1. The molecule has 2 aromatic carbocycles. The molecule has 1 amide bonds. The molecular formula is C14H11BrN2O4. The molecule has 0 aliphatic carbocycles. The molecule has 0 saturated heterocycles. The Morgan fingerprint density at radius 3 is 2.67 bits per heavy atom. The molecule has 0 spiro atoms. The van der Waals surface area contributed by atoms with Gasteiger partial charge in [-0.3, -0.25) is 14.9 Å². The number of rotatable bonds is 4. The van der Waals surface area contributed by atoms with Gasteiger partial charge in [0.05, 0.1) is 4.92 Å². The zero-order valence-corrected chi connectivity index (χ0v) is 12.6. The van der Waals surface area contributed by atoms with Crippen LogP contribution in [0.25, 0.3) is 0 Å². The number of carbonyl (C=O) groups excluding carboxylic acids is 1. The highest BCUT2D eigenvalue weighted by molar-refractivity contribution is 9.10. The first-order chi connectivity index (χ1) is 10.0. The highest BCUT2D eigenvalue weighted by atomic mass is 79.9. The molecule has 0 unspecified atom stereocenters. The highest BCUT2D eigenvalue weighted by Gasteiger charge is 2.18. The molecule has 7 heteroatoms. The van der Waals surface area contributed by atoms with Crippen molar-refractivity contribution in [2.75, 3.05) is 7.05 Å². The van der Waals surface area contributed by atoms with Gasteiger partial charge in [0.1, 0.15) is 5.75 Å². The van der Waals surface area contributed by atoms with E-state index in [1.165, 1.54) is 25.2 Å². The number of halogens is 1. The molecule has 2 rings (SSSR count). The lowest BCUT2D eigenvalue weighted by Crippen LogP contribution is -2.17. The summed E-state index contributed by atoms with van der Waals surface area (Å²) in [5, 5.41) is 13.5. The molecule has 0 aromatic heterocycles. The van der Waals surface area contributed by atoms with E-state index in [1.807, 2.05) is 6.07 Å². The molecular weight excluding hydrogens is 340 g/mol. The minimum atomic E-state index is -0.555. The summed E-state index contributed by atoms with van der Waals surface area (Å²) in [6.45, 7) is 0. The Bertz CT molecular complexity index is 703. The highest BCUT2D eigenvalue weighted by Crippen LogP contribution is 2.33. The SMILES string of the molecule is CNC(=O)c1ccc([N+](=O)[O-])c(Oc2cccc(Br)c2)c1. The third kappa shape index (κ3) is 3.57. The number of benzene rings is 2. The molecule has 6 nitrogen and oxygen atoms in total. The zero-order chi connectivity index (χ0) is 15.4. The monoisotopic (exact) mass is 350 g/mol. The van der Waals surface area contributed by atoms with Crippen molar-refractivity contribution in [1.82, 2.24) is 5.32 Å². The van der Waals surface area contributed by atoms with Crippen molar-refractivity contribution in [3.63, 3.8) is 0 Å². The number of nitrogens with zero attached hydrogens (tertiary/aromatic N) is 1. The number of ether oxygens (including phenoxy) is 1. The third-order valence-electron chi connectivity index (χ3n) is 2.67. The van der Waals surface area contributed by atoms with E-state index in [-0.39, 0.29) is 22.9 Å². The maximum atomic E-state index is 11.6. The summed E-state index contributed by atoms with van der Waals surface area (Å²) >= 11 is 3.29. The lowest BCUT2D eigenvalue weighted by atomic mass is 10.1. The largest absolute Gasteiger partial charge is 0.450 e. The van der Waals surface area contributed by atoms with E-state index in [1.54, 1.807) is 18.2 Å². The number of nitro benzene ring substituents is 1. The summed E-state index contributed by atoms with van der Waals surface area (Å²) in [7, 11) is 1.48. The lowest BCUT2D eigenvalue weighted by molar-refractivity contribution is -0.385. The van der Waals surface area contributed by atoms with Crippen LogP contribution in [0.2, 0.25) is 0 Å². The molecule has 108 valence electrons. The summed E-state index contributed by atoms with van der Waals surface area (Å²) in [6.07, 6.45) is 0. The Morgan fingerprint density at radius 1 is 1.29 bits per heavy atom.